The third-order valence-corrected chi connectivity index (χ3v) is 9.59. The molecule has 3 aliphatic rings. The average molecular weight is 518 g/mol. The van der Waals surface area contributed by atoms with Gasteiger partial charge in [-0.1, -0.05) is 33.8 Å². The van der Waals surface area contributed by atoms with E-state index in [-0.39, 0.29) is 30.1 Å². The lowest BCUT2D eigenvalue weighted by Crippen LogP contribution is -2.79. The second kappa shape index (κ2) is 8.86. The molecule has 9 heteroatoms. The molecule has 0 saturated heterocycles. The number of carbonyl (C=O) groups is 3. The summed E-state index contributed by atoms with van der Waals surface area (Å²) in [7, 11) is 0. The van der Waals surface area contributed by atoms with Gasteiger partial charge in [-0.25, -0.2) is 0 Å². The van der Waals surface area contributed by atoms with Gasteiger partial charge in [0, 0.05) is 5.41 Å². The summed E-state index contributed by atoms with van der Waals surface area (Å²) < 4.78 is 0. The number of nitrogens with two attached hydrogens (primary N) is 1. The summed E-state index contributed by atoms with van der Waals surface area (Å²) >= 11 is 0. The van der Waals surface area contributed by atoms with Crippen molar-refractivity contribution in [2.75, 3.05) is 0 Å². The number of hydrogen-bond donors (Lipinski definition) is 6. The zero-order valence-electron chi connectivity index (χ0n) is 22.1. The number of ketones is 2. The number of rotatable bonds is 5. The maximum absolute atomic E-state index is 14.0. The molecule has 0 aliphatic heterocycles. The van der Waals surface area contributed by atoms with Crippen LogP contribution in [-0.2, 0) is 22.4 Å². The number of benzene rings is 1. The molecule has 37 heavy (non-hydrogen) atoms. The number of aryl methyl sites for hydroxylation is 1. The Bertz CT molecular complexity index is 1150. The van der Waals surface area contributed by atoms with Crippen LogP contribution in [0.2, 0.25) is 0 Å². The first-order valence-electron chi connectivity index (χ1n) is 13.0. The highest BCUT2D eigenvalue weighted by molar-refractivity contribution is 6.09. The Labute approximate surface area is 216 Å². The monoisotopic (exact) mass is 517 g/mol. The first kappa shape index (κ1) is 27.7. The van der Waals surface area contributed by atoms with E-state index in [1.54, 1.807) is 19.9 Å². The summed E-state index contributed by atoms with van der Waals surface area (Å²) in [6.45, 7) is 8.75. The van der Waals surface area contributed by atoms with E-state index < -0.39 is 70.0 Å². The SMILES string of the molecule is CC(O)CCc1ccc(O)c2c1C[C@]1(C)C[C@]3(C)[C@@H](C(C)C)C(O)[C@@H](C(N)=O)C(=O)[C@]3(O)C(O)[C@H]1C2=O. The fourth-order valence-electron chi connectivity index (χ4n) is 8.19. The number of fused-ring (bicyclic) bond motifs is 3. The molecule has 0 heterocycles. The molecule has 0 radical (unpaired) electrons. The van der Waals surface area contributed by atoms with E-state index in [2.05, 4.69) is 0 Å². The second-order valence-electron chi connectivity index (χ2n) is 12.5. The molecule has 4 rings (SSSR count). The number of amides is 1. The summed E-state index contributed by atoms with van der Waals surface area (Å²) in [6.07, 6.45) is -2.59. The van der Waals surface area contributed by atoms with Gasteiger partial charge in [-0.05, 0) is 67.1 Å². The molecule has 9 nitrogen and oxygen atoms in total. The molecule has 2 fully saturated rings. The number of carbonyl (C=O) groups excluding carboxylic acids is 3. The molecule has 1 amide bonds. The molecular weight excluding hydrogens is 478 g/mol. The molecule has 204 valence electrons. The molecule has 2 saturated carbocycles. The molecule has 3 aliphatic carbocycles. The first-order chi connectivity index (χ1) is 17.0. The average Bonchev–Trinajstić information content (AvgIpc) is 2.75. The lowest BCUT2D eigenvalue weighted by molar-refractivity contribution is -0.265. The molecule has 9 atom stereocenters. The van der Waals surface area contributed by atoms with Crippen LogP contribution in [0.25, 0.3) is 0 Å². The summed E-state index contributed by atoms with van der Waals surface area (Å²) in [6, 6.07) is 3.14. The minimum Gasteiger partial charge on any atom is -0.507 e. The Morgan fingerprint density at radius 2 is 1.78 bits per heavy atom. The highest BCUT2D eigenvalue weighted by Gasteiger charge is 2.75. The third kappa shape index (κ3) is 3.69. The number of phenolic OH excluding ortho intramolecular Hbond substituents is 1. The van der Waals surface area contributed by atoms with Gasteiger partial charge >= 0.3 is 0 Å². The normalized spacial score (nSPS) is 40.1. The van der Waals surface area contributed by atoms with E-state index in [1.807, 2.05) is 20.8 Å². The van der Waals surface area contributed by atoms with Gasteiger partial charge in [0.05, 0.1) is 23.7 Å². The third-order valence-electron chi connectivity index (χ3n) is 9.59. The van der Waals surface area contributed by atoms with Crippen molar-refractivity contribution in [1.82, 2.24) is 0 Å². The predicted molar refractivity (Wildman–Crippen MR) is 133 cm³/mol. The van der Waals surface area contributed by atoms with Crippen LogP contribution in [0.3, 0.4) is 0 Å². The van der Waals surface area contributed by atoms with E-state index in [0.29, 0.717) is 18.4 Å². The summed E-state index contributed by atoms with van der Waals surface area (Å²) in [4.78, 5) is 39.9. The fourth-order valence-corrected chi connectivity index (χ4v) is 8.19. The second-order valence-corrected chi connectivity index (χ2v) is 12.5. The number of Topliss-reactive ketones (excluding diaryl/α,β-unsaturated/α-hetero) is 2. The van der Waals surface area contributed by atoms with Gasteiger partial charge < -0.3 is 31.3 Å². The summed E-state index contributed by atoms with van der Waals surface area (Å²) in [5.74, 6) is -7.06. The van der Waals surface area contributed by atoms with Crippen molar-refractivity contribution in [3.8, 4) is 5.75 Å². The zero-order chi connectivity index (χ0) is 27.8. The smallest absolute Gasteiger partial charge is 0.230 e. The van der Waals surface area contributed by atoms with E-state index in [9.17, 15) is 39.9 Å². The number of aliphatic hydroxyl groups is 4. The van der Waals surface area contributed by atoms with Crippen molar-refractivity contribution in [3.05, 3.63) is 28.8 Å². The van der Waals surface area contributed by atoms with Crippen LogP contribution in [0.5, 0.6) is 5.75 Å². The van der Waals surface area contributed by atoms with Crippen LogP contribution in [-0.4, -0.2) is 66.9 Å². The topological polar surface area (TPSA) is 178 Å². The van der Waals surface area contributed by atoms with Crippen molar-refractivity contribution in [1.29, 1.82) is 0 Å². The van der Waals surface area contributed by atoms with Gasteiger partial charge in [0.1, 0.15) is 17.8 Å². The highest BCUT2D eigenvalue weighted by Crippen LogP contribution is 2.65. The van der Waals surface area contributed by atoms with Gasteiger partial charge in [0.15, 0.2) is 17.2 Å². The van der Waals surface area contributed by atoms with E-state index in [0.717, 1.165) is 5.56 Å². The van der Waals surface area contributed by atoms with Gasteiger partial charge in [-0.3, -0.25) is 14.4 Å². The van der Waals surface area contributed by atoms with Gasteiger partial charge in [0.25, 0.3) is 0 Å². The maximum Gasteiger partial charge on any atom is 0.230 e. The fraction of sp³-hybridized carbons (Fsp3) is 0.679. The molecule has 0 spiro atoms. The predicted octanol–water partition coefficient (Wildman–Crippen LogP) is 0.886. The molecule has 1 aromatic rings. The van der Waals surface area contributed by atoms with Crippen LogP contribution in [0, 0.1) is 34.5 Å². The summed E-state index contributed by atoms with van der Waals surface area (Å²) in [5, 5.41) is 55.5. The van der Waals surface area contributed by atoms with Gasteiger partial charge in [0.2, 0.25) is 5.91 Å². The van der Waals surface area contributed by atoms with Crippen molar-refractivity contribution in [3.63, 3.8) is 0 Å². The Morgan fingerprint density at radius 1 is 1.16 bits per heavy atom. The van der Waals surface area contributed by atoms with Crippen molar-refractivity contribution >= 4 is 17.5 Å². The molecule has 7 N–H and O–H groups in total. The number of phenols is 1. The molecular formula is C28H39NO8. The lowest BCUT2D eigenvalue weighted by atomic mass is 9.39. The van der Waals surface area contributed by atoms with Crippen LogP contribution in [0.15, 0.2) is 12.1 Å². The Morgan fingerprint density at radius 3 is 2.32 bits per heavy atom. The Balaban J connectivity index is 1.92. The lowest BCUT2D eigenvalue weighted by Gasteiger charge is -2.66. The number of primary amides is 1. The zero-order valence-corrected chi connectivity index (χ0v) is 22.1. The quantitative estimate of drug-likeness (QED) is 0.312. The summed E-state index contributed by atoms with van der Waals surface area (Å²) in [5.41, 5.74) is 2.12. The Hall–Kier alpha value is -2.33. The molecule has 0 aromatic heterocycles. The molecule has 1 aromatic carbocycles. The first-order valence-corrected chi connectivity index (χ1v) is 13.0. The molecule has 3 unspecified atom stereocenters. The van der Waals surface area contributed by atoms with Crippen molar-refractivity contribution in [2.24, 2.45) is 40.2 Å². The minimum absolute atomic E-state index is 0.0481. The molecule has 0 bridgehead atoms. The highest BCUT2D eigenvalue weighted by atomic mass is 16.4. The van der Waals surface area contributed by atoms with Crippen LogP contribution in [0.1, 0.15) is 68.9 Å². The number of hydrogen-bond acceptors (Lipinski definition) is 8. The van der Waals surface area contributed by atoms with Crippen molar-refractivity contribution in [2.45, 2.75) is 84.2 Å². The van der Waals surface area contributed by atoms with Crippen LogP contribution >= 0.6 is 0 Å². The van der Waals surface area contributed by atoms with Crippen molar-refractivity contribution < 1.29 is 39.9 Å². The van der Waals surface area contributed by atoms with E-state index in [4.69, 9.17) is 5.73 Å². The van der Waals surface area contributed by atoms with Gasteiger partial charge in [-0.15, -0.1) is 0 Å². The standard InChI is InChI=1S/C28H39NO8/c1-12(2)19-22(33)18(25(29)36)23(34)28(37)24(35)20-21(32)17-15(10-26(20,4)11-27(19,28)5)14(7-6-13(3)30)8-9-16(17)31/h8-9,12-13,18-20,22,24,30-31,33,35,37H,6-7,10-11H2,1-5H3,(H2,29,36)/t13?,18-,19+,20-,22?,24?,26-,27-,28+/m1/s1. The largest absolute Gasteiger partial charge is 0.507 e. The van der Waals surface area contributed by atoms with Crippen LogP contribution < -0.4 is 5.73 Å². The van der Waals surface area contributed by atoms with Crippen LogP contribution in [0.4, 0.5) is 0 Å². The number of aliphatic hydroxyl groups excluding tert-OH is 3. The van der Waals surface area contributed by atoms with E-state index in [1.165, 1.54) is 6.07 Å². The Kier molecular flexibility index (Phi) is 6.64. The minimum atomic E-state index is -2.52. The maximum atomic E-state index is 14.0. The van der Waals surface area contributed by atoms with Gasteiger partial charge in [-0.2, -0.15) is 0 Å². The van der Waals surface area contributed by atoms with E-state index >= 15 is 0 Å². The number of aromatic hydroxyl groups is 1.